The third kappa shape index (κ3) is 1.62. The van der Waals surface area contributed by atoms with Crippen molar-refractivity contribution in [1.29, 1.82) is 0 Å². The number of nitrogens with two attached hydrogens (primary N) is 1. The molecule has 56 valence electrons. The van der Waals surface area contributed by atoms with E-state index in [1.807, 2.05) is 0 Å². The molecule has 0 spiro atoms. The Labute approximate surface area is 60.0 Å². The van der Waals surface area contributed by atoms with E-state index in [4.69, 9.17) is 11.3 Å². The minimum Gasteiger partial charge on any atom is -0.327 e. The van der Waals surface area contributed by atoms with Crippen LogP contribution in [0, 0.1) is 5.92 Å². The molecule has 2 atom stereocenters. The maximum Gasteiger partial charge on any atom is 0.0301 e. The van der Waals surface area contributed by atoms with Crippen molar-refractivity contribution in [3.05, 3.63) is 10.4 Å². The van der Waals surface area contributed by atoms with Crippen molar-refractivity contribution in [2.45, 2.75) is 25.3 Å². The molecule has 0 bridgehead atoms. The molecule has 2 N–H and O–H groups in total. The molecular formula is C6H12N4. The lowest BCUT2D eigenvalue weighted by molar-refractivity contribution is 0.491. The van der Waals surface area contributed by atoms with Crippen LogP contribution in [0.2, 0.25) is 0 Å². The van der Waals surface area contributed by atoms with Crippen molar-refractivity contribution in [3.63, 3.8) is 0 Å². The van der Waals surface area contributed by atoms with Gasteiger partial charge in [0.2, 0.25) is 0 Å². The average Bonchev–Trinajstić information content (AvgIpc) is 2.31. The van der Waals surface area contributed by atoms with E-state index in [1.54, 1.807) is 0 Å². The zero-order valence-corrected chi connectivity index (χ0v) is 5.90. The minimum atomic E-state index is 0.269. The van der Waals surface area contributed by atoms with Crippen molar-refractivity contribution >= 4 is 0 Å². The summed E-state index contributed by atoms with van der Waals surface area (Å²) in [5, 5.41) is 3.50. The van der Waals surface area contributed by atoms with Gasteiger partial charge in [0.25, 0.3) is 0 Å². The van der Waals surface area contributed by atoms with Gasteiger partial charge in [-0.3, -0.25) is 0 Å². The number of nitrogens with zero attached hydrogens (tertiary/aromatic N) is 3. The van der Waals surface area contributed by atoms with Gasteiger partial charge in [-0.15, -0.1) is 0 Å². The fourth-order valence-electron chi connectivity index (χ4n) is 1.43. The van der Waals surface area contributed by atoms with Crippen molar-refractivity contribution < 1.29 is 0 Å². The Morgan fingerprint density at radius 3 is 2.90 bits per heavy atom. The molecular weight excluding hydrogens is 128 g/mol. The van der Waals surface area contributed by atoms with Crippen LogP contribution in [0.1, 0.15) is 19.3 Å². The summed E-state index contributed by atoms with van der Waals surface area (Å²) < 4.78 is 0. The van der Waals surface area contributed by atoms with Crippen molar-refractivity contribution in [3.8, 4) is 0 Å². The molecule has 10 heavy (non-hydrogen) atoms. The van der Waals surface area contributed by atoms with E-state index in [0.29, 0.717) is 12.5 Å². The van der Waals surface area contributed by atoms with Gasteiger partial charge < -0.3 is 5.73 Å². The predicted octanol–water partition coefficient (Wildman–Crippen LogP) is 1.42. The van der Waals surface area contributed by atoms with Crippen LogP contribution in [0.25, 0.3) is 10.4 Å². The quantitative estimate of drug-likeness (QED) is 0.351. The van der Waals surface area contributed by atoms with E-state index in [9.17, 15) is 0 Å². The van der Waals surface area contributed by atoms with E-state index < -0.39 is 0 Å². The standard InChI is InChI=1S/C6H12N4/c7-6-3-1-2-5(6)4-9-10-8/h5-6H,1-4,7H2/t5-,6-/m1/s1. The second-order valence-corrected chi connectivity index (χ2v) is 2.77. The lowest BCUT2D eigenvalue weighted by Gasteiger charge is -2.10. The third-order valence-corrected chi connectivity index (χ3v) is 2.10. The summed E-state index contributed by atoms with van der Waals surface area (Å²) in [5.41, 5.74) is 13.8. The SMILES string of the molecule is [N-]=[N+]=NC[C@H]1CCC[C@H]1N. The molecule has 0 unspecified atom stereocenters. The molecule has 0 aromatic carbocycles. The number of rotatable bonds is 2. The topological polar surface area (TPSA) is 74.8 Å². The van der Waals surface area contributed by atoms with Crippen molar-refractivity contribution in [2.75, 3.05) is 6.54 Å². The largest absolute Gasteiger partial charge is 0.327 e. The zero-order valence-electron chi connectivity index (χ0n) is 5.90. The zero-order chi connectivity index (χ0) is 7.40. The normalized spacial score (nSPS) is 31.7. The molecule has 1 saturated carbocycles. The fraction of sp³-hybridized carbons (Fsp3) is 1.00. The Balaban J connectivity index is 2.32. The van der Waals surface area contributed by atoms with Crippen LogP contribution in [0.15, 0.2) is 5.11 Å². The van der Waals surface area contributed by atoms with Gasteiger partial charge in [0.1, 0.15) is 0 Å². The van der Waals surface area contributed by atoms with E-state index in [1.165, 1.54) is 6.42 Å². The first kappa shape index (κ1) is 7.38. The minimum absolute atomic E-state index is 0.269. The molecule has 0 aromatic rings. The van der Waals surface area contributed by atoms with Gasteiger partial charge in [0, 0.05) is 17.5 Å². The summed E-state index contributed by atoms with van der Waals surface area (Å²) in [7, 11) is 0. The first-order valence-corrected chi connectivity index (χ1v) is 3.61. The van der Waals surface area contributed by atoms with Crippen molar-refractivity contribution in [1.82, 2.24) is 0 Å². The molecule has 1 aliphatic rings. The summed E-state index contributed by atoms with van der Waals surface area (Å²) in [4.78, 5) is 2.70. The molecule has 4 nitrogen and oxygen atoms in total. The van der Waals surface area contributed by atoms with Gasteiger partial charge in [0.15, 0.2) is 0 Å². The number of hydrogen-bond donors (Lipinski definition) is 1. The van der Waals surface area contributed by atoms with Gasteiger partial charge in [-0.25, -0.2) is 0 Å². The Morgan fingerprint density at radius 1 is 1.60 bits per heavy atom. The summed E-state index contributed by atoms with van der Waals surface area (Å²) >= 11 is 0. The van der Waals surface area contributed by atoms with Gasteiger partial charge >= 0.3 is 0 Å². The third-order valence-electron chi connectivity index (χ3n) is 2.10. The van der Waals surface area contributed by atoms with E-state index in [-0.39, 0.29) is 6.04 Å². The molecule has 1 aliphatic carbocycles. The molecule has 0 radical (unpaired) electrons. The molecule has 0 aliphatic heterocycles. The highest BCUT2D eigenvalue weighted by molar-refractivity contribution is 4.81. The van der Waals surface area contributed by atoms with E-state index in [0.717, 1.165) is 12.8 Å². The monoisotopic (exact) mass is 140 g/mol. The van der Waals surface area contributed by atoms with Crippen LogP contribution in [0.3, 0.4) is 0 Å². The molecule has 0 saturated heterocycles. The predicted molar refractivity (Wildman–Crippen MR) is 39.3 cm³/mol. The lowest BCUT2D eigenvalue weighted by Crippen LogP contribution is -2.26. The summed E-state index contributed by atoms with van der Waals surface area (Å²) in [6.45, 7) is 0.581. The maximum atomic E-state index is 8.03. The maximum absolute atomic E-state index is 8.03. The van der Waals surface area contributed by atoms with Gasteiger partial charge in [-0.05, 0) is 24.3 Å². The lowest BCUT2D eigenvalue weighted by atomic mass is 10.1. The highest BCUT2D eigenvalue weighted by Gasteiger charge is 2.22. The molecule has 1 rings (SSSR count). The van der Waals surface area contributed by atoms with Gasteiger partial charge in [-0.1, -0.05) is 11.5 Å². The Hall–Kier alpha value is -0.730. The number of hydrogen-bond acceptors (Lipinski definition) is 2. The highest BCUT2D eigenvalue weighted by Crippen LogP contribution is 2.23. The Bertz CT molecular complexity index is 150. The molecule has 0 aromatic heterocycles. The summed E-state index contributed by atoms with van der Waals surface area (Å²) in [6, 6.07) is 0.269. The van der Waals surface area contributed by atoms with Crippen LogP contribution in [0.5, 0.6) is 0 Å². The first-order chi connectivity index (χ1) is 4.84. The second kappa shape index (κ2) is 3.44. The van der Waals surface area contributed by atoms with Crippen LogP contribution in [-0.2, 0) is 0 Å². The van der Waals surface area contributed by atoms with Crippen LogP contribution >= 0.6 is 0 Å². The van der Waals surface area contributed by atoms with Crippen LogP contribution < -0.4 is 5.73 Å². The fourth-order valence-corrected chi connectivity index (χ4v) is 1.43. The van der Waals surface area contributed by atoms with Crippen molar-refractivity contribution in [2.24, 2.45) is 16.8 Å². The smallest absolute Gasteiger partial charge is 0.0301 e. The van der Waals surface area contributed by atoms with Crippen LogP contribution in [0.4, 0.5) is 0 Å². The molecule has 0 heterocycles. The highest BCUT2D eigenvalue weighted by atomic mass is 15.1. The van der Waals surface area contributed by atoms with Gasteiger partial charge in [0.05, 0.1) is 0 Å². The Morgan fingerprint density at radius 2 is 2.40 bits per heavy atom. The molecule has 0 amide bonds. The average molecular weight is 140 g/mol. The van der Waals surface area contributed by atoms with Crippen LogP contribution in [-0.4, -0.2) is 12.6 Å². The Kier molecular flexibility index (Phi) is 2.54. The van der Waals surface area contributed by atoms with E-state index >= 15 is 0 Å². The first-order valence-electron chi connectivity index (χ1n) is 3.61. The summed E-state index contributed by atoms with van der Waals surface area (Å²) in [6.07, 6.45) is 3.40. The number of azide groups is 1. The van der Waals surface area contributed by atoms with E-state index in [2.05, 4.69) is 10.0 Å². The summed E-state index contributed by atoms with van der Waals surface area (Å²) in [5.74, 6) is 0.441. The second-order valence-electron chi connectivity index (χ2n) is 2.77. The molecule has 1 fully saturated rings. The molecule has 4 heteroatoms. The van der Waals surface area contributed by atoms with Gasteiger partial charge in [-0.2, -0.15) is 0 Å².